The molecule has 0 amide bonds. The molecule has 0 saturated heterocycles. The van der Waals surface area contributed by atoms with Crippen molar-refractivity contribution in [3.63, 3.8) is 0 Å². The van der Waals surface area contributed by atoms with Crippen molar-refractivity contribution in [3.05, 3.63) is 53.7 Å². The minimum Gasteiger partial charge on any atom is -0.478 e. The average molecular weight is 216 g/mol. The van der Waals surface area contributed by atoms with E-state index in [0.717, 1.165) is 5.56 Å². The van der Waals surface area contributed by atoms with Gasteiger partial charge < -0.3 is 14.6 Å². The van der Waals surface area contributed by atoms with Gasteiger partial charge in [0.2, 0.25) is 0 Å². The number of hydrogen-bond acceptors (Lipinski definition) is 3. The summed E-state index contributed by atoms with van der Waals surface area (Å²) >= 11 is 0. The Balaban J connectivity index is 2.18. The van der Waals surface area contributed by atoms with Gasteiger partial charge in [0.05, 0.1) is 12.2 Å². The first-order chi connectivity index (χ1) is 7.77. The first kappa shape index (κ1) is 9.03. The van der Waals surface area contributed by atoms with Gasteiger partial charge in [0.1, 0.15) is 23.3 Å². The number of para-hydroxylation sites is 1. The molecule has 0 aromatic heterocycles. The first-order valence-corrected chi connectivity index (χ1v) is 4.83. The van der Waals surface area contributed by atoms with Crippen LogP contribution in [0.5, 0.6) is 5.75 Å². The molecule has 0 fully saturated rings. The van der Waals surface area contributed by atoms with E-state index in [-0.39, 0.29) is 11.5 Å². The van der Waals surface area contributed by atoms with Crippen molar-refractivity contribution in [2.45, 2.75) is 5.92 Å². The lowest BCUT2D eigenvalue weighted by Crippen LogP contribution is -2.10. The highest BCUT2D eigenvalue weighted by molar-refractivity contribution is 5.91. The second-order valence-electron chi connectivity index (χ2n) is 3.59. The molecule has 1 aromatic rings. The molecule has 1 atom stereocenters. The fraction of sp³-hybridized carbons (Fsp3) is 0.0833. The molecule has 0 radical (unpaired) electrons. The van der Waals surface area contributed by atoms with Crippen LogP contribution in [-0.2, 0) is 4.74 Å². The standard InChI is InChI=1S/C12H8O4/c13-12(14)9-3-1-2-8-7-4-5-15-10(7)6-16-11(8)9/h1-7H,(H,13,14). The van der Waals surface area contributed by atoms with Gasteiger partial charge in [-0.1, -0.05) is 12.1 Å². The fourth-order valence-corrected chi connectivity index (χ4v) is 1.94. The molecule has 0 bridgehead atoms. The lowest BCUT2D eigenvalue weighted by molar-refractivity contribution is 0.0693. The van der Waals surface area contributed by atoms with E-state index in [1.165, 1.54) is 12.3 Å². The van der Waals surface area contributed by atoms with Gasteiger partial charge in [0, 0.05) is 5.56 Å². The number of ether oxygens (including phenoxy) is 2. The van der Waals surface area contributed by atoms with Crippen molar-refractivity contribution in [1.29, 1.82) is 0 Å². The van der Waals surface area contributed by atoms with Crippen LogP contribution < -0.4 is 4.74 Å². The highest BCUT2D eigenvalue weighted by atomic mass is 16.5. The maximum atomic E-state index is 11.0. The van der Waals surface area contributed by atoms with Crippen LogP contribution in [0, 0.1) is 0 Å². The quantitative estimate of drug-likeness (QED) is 0.782. The summed E-state index contributed by atoms with van der Waals surface area (Å²) in [5.41, 5.74) is 0.999. The maximum absolute atomic E-state index is 11.0. The van der Waals surface area contributed by atoms with Crippen molar-refractivity contribution in [1.82, 2.24) is 0 Å². The molecular formula is C12H8O4. The molecule has 16 heavy (non-hydrogen) atoms. The number of carboxylic acid groups (broad SMARTS) is 1. The van der Waals surface area contributed by atoms with Gasteiger partial charge >= 0.3 is 5.97 Å². The SMILES string of the molecule is O=C(O)c1cccc2c1OC=C1OC=CC12. The van der Waals surface area contributed by atoms with E-state index >= 15 is 0 Å². The second-order valence-corrected chi connectivity index (χ2v) is 3.59. The Kier molecular flexibility index (Phi) is 1.77. The Morgan fingerprint density at radius 1 is 1.31 bits per heavy atom. The molecule has 0 saturated carbocycles. The summed E-state index contributed by atoms with van der Waals surface area (Å²) in [5.74, 6) is 0.0774. The molecule has 0 spiro atoms. The van der Waals surface area contributed by atoms with Gasteiger partial charge in [-0.15, -0.1) is 0 Å². The summed E-state index contributed by atoms with van der Waals surface area (Å²) in [4.78, 5) is 11.0. The molecule has 1 aromatic carbocycles. The Labute approximate surface area is 91.4 Å². The van der Waals surface area contributed by atoms with Crippen LogP contribution in [0.2, 0.25) is 0 Å². The third-order valence-electron chi connectivity index (χ3n) is 2.69. The predicted octanol–water partition coefficient (Wildman–Crippen LogP) is 2.25. The van der Waals surface area contributed by atoms with Crippen LogP contribution in [0.1, 0.15) is 21.8 Å². The van der Waals surface area contributed by atoms with E-state index < -0.39 is 5.97 Å². The molecule has 4 heteroatoms. The maximum Gasteiger partial charge on any atom is 0.339 e. The molecule has 0 aliphatic carbocycles. The summed E-state index contributed by atoms with van der Waals surface area (Å²) in [6, 6.07) is 5.08. The molecule has 2 aliphatic heterocycles. The fourth-order valence-electron chi connectivity index (χ4n) is 1.94. The van der Waals surface area contributed by atoms with Crippen molar-refractivity contribution in [2.75, 3.05) is 0 Å². The number of aromatic carboxylic acids is 1. The molecule has 1 N–H and O–H groups in total. The van der Waals surface area contributed by atoms with E-state index in [0.29, 0.717) is 11.5 Å². The normalized spacial score (nSPS) is 20.2. The number of hydrogen-bond donors (Lipinski definition) is 1. The van der Waals surface area contributed by atoms with Crippen LogP contribution in [0.3, 0.4) is 0 Å². The number of allylic oxidation sites excluding steroid dienone is 1. The molecule has 2 aliphatic rings. The monoisotopic (exact) mass is 216 g/mol. The van der Waals surface area contributed by atoms with Crippen molar-refractivity contribution >= 4 is 5.97 Å². The van der Waals surface area contributed by atoms with Crippen LogP contribution in [0.15, 0.2) is 42.6 Å². The molecule has 2 heterocycles. The zero-order valence-electron chi connectivity index (χ0n) is 8.21. The summed E-state index contributed by atoms with van der Waals surface area (Å²) < 4.78 is 10.5. The smallest absolute Gasteiger partial charge is 0.339 e. The zero-order valence-corrected chi connectivity index (χ0v) is 8.21. The second kappa shape index (κ2) is 3.13. The molecule has 80 valence electrons. The third kappa shape index (κ3) is 1.13. The van der Waals surface area contributed by atoms with Crippen molar-refractivity contribution in [2.24, 2.45) is 0 Å². The van der Waals surface area contributed by atoms with E-state index in [1.807, 2.05) is 12.1 Å². The lowest BCUT2D eigenvalue weighted by atomic mass is 9.94. The van der Waals surface area contributed by atoms with Crippen LogP contribution >= 0.6 is 0 Å². The van der Waals surface area contributed by atoms with E-state index in [4.69, 9.17) is 14.6 Å². The number of carboxylic acids is 1. The predicted molar refractivity (Wildman–Crippen MR) is 55.1 cm³/mol. The lowest BCUT2D eigenvalue weighted by Gasteiger charge is -2.20. The molecule has 1 unspecified atom stereocenters. The van der Waals surface area contributed by atoms with E-state index in [1.54, 1.807) is 12.3 Å². The van der Waals surface area contributed by atoms with E-state index in [2.05, 4.69) is 0 Å². The number of rotatable bonds is 1. The molecular weight excluding hydrogens is 208 g/mol. The summed E-state index contributed by atoms with van der Waals surface area (Å²) in [5, 5.41) is 9.03. The average Bonchev–Trinajstić information content (AvgIpc) is 2.76. The summed E-state index contributed by atoms with van der Waals surface area (Å²) in [6.45, 7) is 0. The van der Waals surface area contributed by atoms with Crippen molar-refractivity contribution < 1.29 is 19.4 Å². The molecule has 3 rings (SSSR count). The highest BCUT2D eigenvalue weighted by Gasteiger charge is 2.30. The van der Waals surface area contributed by atoms with Gasteiger partial charge in [-0.25, -0.2) is 4.79 Å². The minimum atomic E-state index is -0.989. The number of fused-ring (bicyclic) bond motifs is 3. The van der Waals surface area contributed by atoms with Crippen LogP contribution in [0.4, 0.5) is 0 Å². The Morgan fingerprint density at radius 2 is 2.19 bits per heavy atom. The van der Waals surface area contributed by atoms with Gasteiger partial charge in [0.15, 0.2) is 0 Å². The summed E-state index contributed by atoms with van der Waals surface area (Å²) in [7, 11) is 0. The minimum absolute atomic E-state index is 0.0250. The largest absolute Gasteiger partial charge is 0.478 e. The van der Waals surface area contributed by atoms with Gasteiger partial charge in [-0.2, -0.15) is 0 Å². The number of benzene rings is 1. The van der Waals surface area contributed by atoms with E-state index in [9.17, 15) is 4.79 Å². The van der Waals surface area contributed by atoms with Crippen LogP contribution in [-0.4, -0.2) is 11.1 Å². The molecule has 4 nitrogen and oxygen atoms in total. The topological polar surface area (TPSA) is 55.8 Å². The third-order valence-corrected chi connectivity index (χ3v) is 2.69. The Hall–Kier alpha value is -2.23. The van der Waals surface area contributed by atoms with Gasteiger partial charge in [-0.05, 0) is 12.1 Å². The van der Waals surface area contributed by atoms with Crippen LogP contribution in [0.25, 0.3) is 0 Å². The zero-order chi connectivity index (χ0) is 11.1. The van der Waals surface area contributed by atoms with Crippen molar-refractivity contribution in [3.8, 4) is 5.75 Å². The Bertz CT molecular complexity index is 528. The van der Waals surface area contributed by atoms with Gasteiger partial charge in [-0.3, -0.25) is 0 Å². The van der Waals surface area contributed by atoms with Gasteiger partial charge in [0.25, 0.3) is 0 Å². The first-order valence-electron chi connectivity index (χ1n) is 4.83. The number of carbonyl (C=O) groups is 1. The summed E-state index contributed by atoms with van der Waals surface area (Å²) in [6.07, 6.45) is 4.92. The Morgan fingerprint density at radius 3 is 3.00 bits per heavy atom. The highest BCUT2D eigenvalue weighted by Crippen LogP contribution is 2.42.